The largest absolute Gasteiger partial charge is 0.493 e. The van der Waals surface area contributed by atoms with Crippen LogP contribution in [0.25, 0.3) is 0 Å². The molecule has 0 spiro atoms. The van der Waals surface area contributed by atoms with Crippen molar-refractivity contribution >= 4 is 35.1 Å². The van der Waals surface area contributed by atoms with Gasteiger partial charge in [0.25, 0.3) is 0 Å². The minimum atomic E-state index is -0.323. The van der Waals surface area contributed by atoms with Crippen LogP contribution in [-0.2, 0) is 6.61 Å². The summed E-state index contributed by atoms with van der Waals surface area (Å²) < 4.78 is 25.1. The van der Waals surface area contributed by atoms with Crippen molar-refractivity contribution in [3.05, 3.63) is 87.7 Å². The van der Waals surface area contributed by atoms with E-state index < -0.39 is 0 Å². The van der Waals surface area contributed by atoms with Gasteiger partial charge in [-0.3, -0.25) is 4.99 Å². The standard InChI is InChI=1S/C21H16Cl2FNO2/c1-26-20-8-4-6-14(12-25-18-10-16(22)9-17(23)11-18)21(20)27-13-15-5-2-3-7-19(15)24/h2-12H,13H2,1H3. The Morgan fingerprint density at radius 2 is 1.74 bits per heavy atom. The van der Waals surface area contributed by atoms with E-state index in [2.05, 4.69) is 4.99 Å². The molecule has 6 heteroatoms. The van der Waals surface area contributed by atoms with Crippen LogP contribution in [-0.4, -0.2) is 13.3 Å². The van der Waals surface area contributed by atoms with E-state index in [0.29, 0.717) is 38.4 Å². The Balaban J connectivity index is 1.89. The third-order valence-electron chi connectivity index (χ3n) is 3.76. The van der Waals surface area contributed by atoms with Crippen LogP contribution in [0.3, 0.4) is 0 Å². The predicted molar refractivity (Wildman–Crippen MR) is 107 cm³/mol. The number of nitrogens with zero attached hydrogens (tertiary/aromatic N) is 1. The monoisotopic (exact) mass is 403 g/mol. The molecular weight excluding hydrogens is 388 g/mol. The van der Waals surface area contributed by atoms with Crippen molar-refractivity contribution in [2.75, 3.05) is 7.11 Å². The number of halogens is 3. The van der Waals surface area contributed by atoms with Gasteiger partial charge in [0.1, 0.15) is 12.4 Å². The van der Waals surface area contributed by atoms with Gasteiger partial charge in [-0.1, -0.05) is 47.5 Å². The van der Waals surface area contributed by atoms with E-state index in [1.165, 1.54) is 6.07 Å². The first-order valence-corrected chi connectivity index (χ1v) is 8.86. The van der Waals surface area contributed by atoms with Crippen LogP contribution >= 0.6 is 23.2 Å². The third-order valence-corrected chi connectivity index (χ3v) is 4.20. The molecule has 0 saturated carbocycles. The Morgan fingerprint density at radius 1 is 1.00 bits per heavy atom. The number of hydrogen-bond acceptors (Lipinski definition) is 3. The van der Waals surface area contributed by atoms with Gasteiger partial charge < -0.3 is 9.47 Å². The zero-order valence-corrected chi connectivity index (χ0v) is 16.0. The lowest BCUT2D eigenvalue weighted by atomic mass is 10.2. The van der Waals surface area contributed by atoms with Gasteiger partial charge in [0, 0.05) is 27.4 Å². The Morgan fingerprint density at radius 3 is 2.44 bits per heavy atom. The summed E-state index contributed by atoms with van der Waals surface area (Å²) in [5.41, 5.74) is 1.74. The molecule has 3 aromatic rings. The molecule has 3 aromatic carbocycles. The second kappa shape index (κ2) is 8.89. The maximum atomic E-state index is 13.9. The van der Waals surface area contributed by atoms with Crippen LogP contribution in [0, 0.1) is 5.82 Å². The molecule has 0 fully saturated rings. The first-order chi connectivity index (χ1) is 13.1. The predicted octanol–water partition coefficient (Wildman–Crippen LogP) is 6.47. The van der Waals surface area contributed by atoms with Gasteiger partial charge in [-0.25, -0.2) is 4.39 Å². The highest BCUT2D eigenvalue weighted by Gasteiger charge is 2.11. The smallest absolute Gasteiger partial charge is 0.170 e. The molecule has 0 aromatic heterocycles. The lowest BCUT2D eigenvalue weighted by molar-refractivity contribution is 0.279. The van der Waals surface area contributed by atoms with Crippen LogP contribution in [0.15, 0.2) is 65.7 Å². The quantitative estimate of drug-likeness (QED) is 0.441. The summed E-state index contributed by atoms with van der Waals surface area (Å²) in [5.74, 6) is 0.677. The molecule has 0 atom stereocenters. The summed E-state index contributed by atoms with van der Waals surface area (Å²) in [6.45, 7) is 0.0663. The Hall–Kier alpha value is -2.56. The second-order valence-electron chi connectivity index (χ2n) is 5.64. The van der Waals surface area contributed by atoms with Crippen molar-refractivity contribution in [1.82, 2.24) is 0 Å². The van der Waals surface area contributed by atoms with Crippen molar-refractivity contribution in [2.45, 2.75) is 6.61 Å². The van der Waals surface area contributed by atoms with E-state index in [0.717, 1.165) is 0 Å². The summed E-state index contributed by atoms with van der Waals surface area (Å²) in [7, 11) is 1.54. The molecule has 0 N–H and O–H groups in total. The van der Waals surface area contributed by atoms with Gasteiger partial charge >= 0.3 is 0 Å². The van der Waals surface area contributed by atoms with Gasteiger partial charge in [0.15, 0.2) is 11.5 Å². The topological polar surface area (TPSA) is 30.8 Å². The van der Waals surface area contributed by atoms with E-state index in [9.17, 15) is 4.39 Å². The summed E-state index contributed by atoms with van der Waals surface area (Å²) in [6, 6.07) is 16.9. The number of aliphatic imine (C=N–C) groups is 1. The Labute approximate surface area is 167 Å². The number of benzene rings is 3. The fourth-order valence-electron chi connectivity index (χ4n) is 2.47. The minimum Gasteiger partial charge on any atom is -0.493 e. The maximum absolute atomic E-state index is 13.9. The number of rotatable bonds is 6. The molecular formula is C21H16Cl2FNO2. The zero-order chi connectivity index (χ0) is 19.2. The number of ether oxygens (including phenoxy) is 2. The number of para-hydroxylation sites is 1. The van der Waals surface area contributed by atoms with E-state index in [1.807, 2.05) is 12.1 Å². The lowest BCUT2D eigenvalue weighted by Crippen LogP contribution is -2.02. The molecule has 27 heavy (non-hydrogen) atoms. The lowest BCUT2D eigenvalue weighted by Gasteiger charge is -2.13. The van der Waals surface area contributed by atoms with Crippen LogP contribution in [0.4, 0.5) is 10.1 Å². The molecule has 0 aliphatic rings. The van der Waals surface area contributed by atoms with Gasteiger partial charge in [-0.05, 0) is 36.4 Å². The summed E-state index contributed by atoms with van der Waals surface area (Å²) in [5, 5.41) is 0.993. The first kappa shape index (κ1) is 19.2. The van der Waals surface area contributed by atoms with Crippen LogP contribution in [0.2, 0.25) is 10.0 Å². The van der Waals surface area contributed by atoms with E-state index in [4.69, 9.17) is 32.7 Å². The van der Waals surface area contributed by atoms with Crippen molar-refractivity contribution in [1.29, 1.82) is 0 Å². The average molecular weight is 404 g/mol. The van der Waals surface area contributed by atoms with Gasteiger partial charge in [0.2, 0.25) is 0 Å². The highest BCUT2D eigenvalue weighted by atomic mass is 35.5. The molecule has 3 rings (SSSR count). The molecule has 0 aliphatic heterocycles. The third kappa shape index (κ3) is 5.00. The van der Waals surface area contributed by atoms with Gasteiger partial charge in [-0.2, -0.15) is 0 Å². The summed E-state index contributed by atoms with van der Waals surface area (Å²) in [4.78, 5) is 4.40. The van der Waals surface area contributed by atoms with E-state index in [1.54, 1.807) is 55.8 Å². The average Bonchev–Trinajstić information content (AvgIpc) is 2.65. The Kier molecular flexibility index (Phi) is 6.32. The van der Waals surface area contributed by atoms with Crippen molar-refractivity contribution in [2.24, 2.45) is 4.99 Å². The molecule has 0 aliphatic carbocycles. The van der Waals surface area contributed by atoms with Crippen molar-refractivity contribution in [3.8, 4) is 11.5 Å². The van der Waals surface area contributed by atoms with Gasteiger partial charge in [0.05, 0.1) is 12.8 Å². The van der Waals surface area contributed by atoms with Crippen LogP contribution < -0.4 is 9.47 Å². The fourth-order valence-corrected chi connectivity index (χ4v) is 2.99. The second-order valence-corrected chi connectivity index (χ2v) is 6.52. The molecule has 0 radical (unpaired) electrons. The van der Waals surface area contributed by atoms with Crippen molar-refractivity contribution < 1.29 is 13.9 Å². The minimum absolute atomic E-state index is 0.0663. The maximum Gasteiger partial charge on any atom is 0.170 e. The van der Waals surface area contributed by atoms with E-state index >= 15 is 0 Å². The highest BCUT2D eigenvalue weighted by molar-refractivity contribution is 6.35. The normalized spacial score (nSPS) is 11.0. The Bertz CT molecular complexity index is 956. The van der Waals surface area contributed by atoms with E-state index in [-0.39, 0.29) is 12.4 Å². The SMILES string of the molecule is COc1cccc(C=Nc2cc(Cl)cc(Cl)c2)c1OCc1ccccc1F. The molecule has 0 saturated heterocycles. The molecule has 0 bridgehead atoms. The molecule has 0 heterocycles. The zero-order valence-electron chi connectivity index (χ0n) is 14.5. The van der Waals surface area contributed by atoms with Gasteiger partial charge in [-0.15, -0.1) is 0 Å². The fraction of sp³-hybridized carbons (Fsp3) is 0.0952. The van der Waals surface area contributed by atoms with Crippen LogP contribution in [0.5, 0.6) is 11.5 Å². The molecule has 138 valence electrons. The number of hydrogen-bond donors (Lipinski definition) is 0. The van der Waals surface area contributed by atoms with Crippen LogP contribution in [0.1, 0.15) is 11.1 Å². The summed E-state index contributed by atoms with van der Waals surface area (Å²) >= 11 is 12.0. The number of methoxy groups -OCH3 is 1. The molecule has 3 nitrogen and oxygen atoms in total. The molecule has 0 unspecified atom stereocenters. The molecule has 0 amide bonds. The van der Waals surface area contributed by atoms with Crippen molar-refractivity contribution in [3.63, 3.8) is 0 Å². The first-order valence-electron chi connectivity index (χ1n) is 8.10. The highest BCUT2D eigenvalue weighted by Crippen LogP contribution is 2.32. The summed E-state index contributed by atoms with van der Waals surface area (Å²) in [6.07, 6.45) is 1.63.